The van der Waals surface area contributed by atoms with Gasteiger partial charge in [0, 0.05) is 38.3 Å². The lowest BCUT2D eigenvalue weighted by atomic mass is 10.2. The summed E-state index contributed by atoms with van der Waals surface area (Å²) in [5, 5.41) is 10.7. The average molecular weight is 376 g/mol. The highest BCUT2D eigenvalue weighted by Gasteiger charge is 2.21. The van der Waals surface area contributed by atoms with Gasteiger partial charge in [-0.2, -0.15) is 0 Å². The molecule has 2 aromatic rings. The van der Waals surface area contributed by atoms with Crippen molar-refractivity contribution in [3.63, 3.8) is 0 Å². The maximum atomic E-state index is 12.7. The number of non-ortho nitro benzene ring substituents is 1. The van der Waals surface area contributed by atoms with Crippen molar-refractivity contribution in [2.45, 2.75) is 4.90 Å². The number of nitrogens with zero attached hydrogens (tertiary/aromatic N) is 3. The van der Waals surface area contributed by atoms with Crippen molar-refractivity contribution in [3.05, 3.63) is 58.6 Å². The van der Waals surface area contributed by atoms with Gasteiger partial charge in [-0.15, -0.1) is 0 Å². The summed E-state index contributed by atoms with van der Waals surface area (Å²) in [4.78, 5) is 14.5. The summed E-state index contributed by atoms with van der Waals surface area (Å²) in [6.07, 6.45) is 0. The number of anilines is 2. The molecule has 26 heavy (non-hydrogen) atoms. The zero-order valence-corrected chi connectivity index (χ0v) is 15.1. The van der Waals surface area contributed by atoms with Crippen LogP contribution in [0.5, 0.6) is 0 Å². The van der Waals surface area contributed by atoms with Gasteiger partial charge in [0.25, 0.3) is 15.7 Å². The second-order valence-electron chi connectivity index (χ2n) is 6.16. The van der Waals surface area contributed by atoms with Crippen molar-refractivity contribution in [1.29, 1.82) is 0 Å². The molecule has 0 radical (unpaired) electrons. The molecule has 8 nitrogen and oxygen atoms in total. The third kappa shape index (κ3) is 3.94. The van der Waals surface area contributed by atoms with Crippen LogP contribution in [0.15, 0.2) is 53.4 Å². The maximum absolute atomic E-state index is 12.7. The summed E-state index contributed by atoms with van der Waals surface area (Å²) in [7, 11) is -1.78. The molecule has 1 N–H and O–H groups in total. The average Bonchev–Trinajstić information content (AvgIpc) is 2.63. The molecular formula is C17H20N4O4S. The third-order valence-corrected chi connectivity index (χ3v) is 5.73. The molecule has 138 valence electrons. The van der Waals surface area contributed by atoms with Gasteiger partial charge < -0.3 is 9.80 Å². The van der Waals surface area contributed by atoms with Crippen LogP contribution in [0.3, 0.4) is 0 Å². The summed E-state index contributed by atoms with van der Waals surface area (Å²) in [6, 6.07) is 12.1. The van der Waals surface area contributed by atoms with Crippen molar-refractivity contribution in [2.24, 2.45) is 0 Å². The van der Waals surface area contributed by atoms with Crippen LogP contribution in [0.2, 0.25) is 0 Å². The van der Waals surface area contributed by atoms with Crippen molar-refractivity contribution in [3.8, 4) is 0 Å². The van der Waals surface area contributed by atoms with Gasteiger partial charge in [-0.25, -0.2) is 8.42 Å². The SMILES string of the molecule is CN1CCN(c2ccccc2NS(=O)(=O)c2ccc([N+](=O)[O-])cc2)CC1. The third-order valence-electron chi connectivity index (χ3n) is 4.35. The van der Waals surface area contributed by atoms with Gasteiger partial charge in [0.2, 0.25) is 0 Å². The van der Waals surface area contributed by atoms with E-state index in [9.17, 15) is 18.5 Å². The van der Waals surface area contributed by atoms with E-state index in [1.165, 1.54) is 24.3 Å². The van der Waals surface area contributed by atoms with E-state index in [-0.39, 0.29) is 10.6 Å². The first-order valence-electron chi connectivity index (χ1n) is 8.16. The Labute approximate surface area is 152 Å². The molecule has 0 spiro atoms. The van der Waals surface area contributed by atoms with Crippen LogP contribution in [-0.4, -0.2) is 51.5 Å². The minimum Gasteiger partial charge on any atom is -0.367 e. The minimum atomic E-state index is -3.84. The molecule has 0 bridgehead atoms. The van der Waals surface area contributed by atoms with E-state index < -0.39 is 14.9 Å². The summed E-state index contributed by atoms with van der Waals surface area (Å²) < 4.78 is 27.9. The van der Waals surface area contributed by atoms with Gasteiger partial charge in [0.15, 0.2) is 0 Å². The lowest BCUT2D eigenvalue weighted by molar-refractivity contribution is -0.384. The van der Waals surface area contributed by atoms with Crippen molar-refractivity contribution < 1.29 is 13.3 Å². The topological polar surface area (TPSA) is 95.8 Å². The first-order chi connectivity index (χ1) is 12.4. The Hall–Kier alpha value is -2.65. The second kappa shape index (κ2) is 7.30. The van der Waals surface area contributed by atoms with E-state index in [1.807, 2.05) is 12.1 Å². The Bertz CT molecular complexity index is 891. The lowest BCUT2D eigenvalue weighted by Crippen LogP contribution is -2.44. The molecule has 1 heterocycles. The molecule has 0 amide bonds. The van der Waals surface area contributed by atoms with E-state index in [1.54, 1.807) is 12.1 Å². The van der Waals surface area contributed by atoms with E-state index in [4.69, 9.17) is 0 Å². The van der Waals surface area contributed by atoms with Crippen molar-refractivity contribution in [2.75, 3.05) is 42.8 Å². The number of hydrogen-bond donors (Lipinski definition) is 1. The summed E-state index contributed by atoms with van der Waals surface area (Å²) in [6.45, 7) is 3.44. The molecule has 0 unspecified atom stereocenters. The van der Waals surface area contributed by atoms with Crippen LogP contribution in [0.1, 0.15) is 0 Å². The van der Waals surface area contributed by atoms with Gasteiger partial charge in [0.1, 0.15) is 0 Å². The van der Waals surface area contributed by atoms with Gasteiger partial charge in [0.05, 0.1) is 21.2 Å². The van der Waals surface area contributed by atoms with Crippen LogP contribution in [0.4, 0.5) is 17.1 Å². The fraction of sp³-hybridized carbons (Fsp3) is 0.294. The zero-order chi connectivity index (χ0) is 18.7. The molecule has 9 heteroatoms. The van der Waals surface area contributed by atoms with Gasteiger partial charge in [-0.1, -0.05) is 12.1 Å². The Morgan fingerprint density at radius 2 is 1.62 bits per heavy atom. The van der Waals surface area contributed by atoms with Gasteiger partial charge in [-0.05, 0) is 31.3 Å². The smallest absolute Gasteiger partial charge is 0.269 e. The summed E-state index contributed by atoms with van der Waals surface area (Å²) in [5.74, 6) is 0. The fourth-order valence-corrected chi connectivity index (χ4v) is 3.91. The summed E-state index contributed by atoms with van der Waals surface area (Å²) in [5.41, 5.74) is 1.17. The largest absolute Gasteiger partial charge is 0.367 e. The van der Waals surface area contributed by atoms with Crippen LogP contribution in [-0.2, 0) is 10.0 Å². The van der Waals surface area contributed by atoms with Crippen LogP contribution in [0, 0.1) is 10.1 Å². The monoisotopic (exact) mass is 376 g/mol. The predicted molar refractivity (Wildman–Crippen MR) is 100 cm³/mol. The molecule has 1 aliphatic rings. The quantitative estimate of drug-likeness (QED) is 0.634. The molecule has 2 aromatic carbocycles. The molecule has 3 rings (SSSR count). The Balaban J connectivity index is 1.85. The van der Waals surface area contributed by atoms with Crippen LogP contribution in [0.25, 0.3) is 0 Å². The van der Waals surface area contributed by atoms with E-state index in [0.717, 1.165) is 31.9 Å². The number of nitro groups is 1. The second-order valence-corrected chi connectivity index (χ2v) is 7.85. The molecule has 0 saturated carbocycles. The minimum absolute atomic E-state index is 0.0173. The molecule has 0 aliphatic carbocycles. The standard InChI is InChI=1S/C17H20N4O4S/c1-19-10-12-20(13-11-19)17-5-3-2-4-16(17)18-26(24,25)15-8-6-14(7-9-15)21(22)23/h2-9,18H,10-13H2,1H3. The number of likely N-dealkylation sites (N-methyl/N-ethyl adjacent to an activating group) is 1. The first kappa shape index (κ1) is 18.2. The first-order valence-corrected chi connectivity index (χ1v) is 9.65. The van der Waals surface area contributed by atoms with Crippen molar-refractivity contribution >= 4 is 27.1 Å². The van der Waals surface area contributed by atoms with E-state index in [2.05, 4.69) is 21.6 Å². The fourth-order valence-electron chi connectivity index (χ4n) is 2.83. The number of nitrogens with one attached hydrogen (secondary N) is 1. The highest BCUT2D eigenvalue weighted by molar-refractivity contribution is 7.92. The van der Waals surface area contributed by atoms with E-state index >= 15 is 0 Å². The molecule has 1 aliphatic heterocycles. The number of sulfonamides is 1. The number of rotatable bonds is 5. The Morgan fingerprint density at radius 1 is 1.00 bits per heavy atom. The summed E-state index contributed by atoms with van der Waals surface area (Å²) >= 11 is 0. The molecule has 0 atom stereocenters. The predicted octanol–water partition coefficient (Wildman–Crippen LogP) is 2.15. The normalized spacial score (nSPS) is 15.7. The number of piperazine rings is 1. The lowest BCUT2D eigenvalue weighted by Gasteiger charge is -2.35. The van der Waals surface area contributed by atoms with Gasteiger partial charge >= 0.3 is 0 Å². The highest BCUT2D eigenvalue weighted by atomic mass is 32.2. The van der Waals surface area contributed by atoms with E-state index in [0.29, 0.717) is 5.69 Å². The van der Waals surface area contributed by atoms with Crippen LogP contribution >= 0.6 is 0 Å². The van der Waals surface area contributed by atoms with Crippen LogP contribution < -0.4 is 9.62 Å². The number of para-hydroxylation sites is 2. The molecule has 0 aromatic heterocycles. The molecule has 1 saturated heterocycles. The number of hydrogen-bond acceptors (Lipinski definition) is 6. The molecule has 1 fully saturated rings. The zero-order valence-electron chi connectivity index (χ0n) is 14.3. The highest BCUT2D eigenvalue weighted by Crippen LogP contribution is 2.29. The number of benzene rings is 2. The maximum Gasteiger partial charge on any atom is 0.269 e. The molecular weight excluding hydrogens is 356 g/mol. The number of nitro benzene ring substituents is 1. The van der Waals surface area contributed by atoms with Gasteiger partial charge in [-0.3, -0.25) is 14.8 Å². The Kier molecular flexibility index (Phi) is 5.10. The Morgan fingerprint density at radius 3 is 2.23 bits per heavy atom. The van der Waals surface area contributed by atoms with Crippen molar-refractivity contribution in [1.82, 2.24) is 4.90 Å².